The van der Waals surface area contributed by atoms with Crippen molar-refractivity contribution in [2.75, 3.05) is 0 Å². The standard InChI is InChI=1S/C7H8O3S.C5H8N2/c8-11(9,10)6-7-4-2-1-3-5-7;1-5-6-3-4-7(5)2/h1-5H,6H2,(H,8,9,10);3-4H,1-2H3. The fourth-order valence-corrected chi connectivity index (χ4v) is 1.84. The third-order valence-electron chi connectivity index (χ3n) is 2.25. The lowest BCUT2D eigenvalue weighted by molar-refractivity contribution is 0.482. The molecule has 0 radical (unpaired) electrons. The van der Waals surface area contributed by atoms with Crippen LogP contribution in [-0.2, 0) is 22.9 Å². The van der Waals surface area contributed by atoms with Crippen LogP contribution >= 0.6 is 0 Å². The van der Waals surface area contributed by atoms with Gasteiger partial charge >= 0.3 is 0 Å². The first-order chi connectivity index (χ1) is 8.38. The van der Waals surface area contributed by atoms with Gasteiger partial charge in [0, 0.05) is 19.4 Å². The fraction of sp³-hybridized carbons (Fsp3) is 0.250. The van der Waals surface area contributed by atoms with Crippen LogP contribution in [0.2, 0.25) is 0 Å². The molecule has 0 fully saturated rings. The average molecular weight is 268 g/mol. The second kappa shape index (κ2) is 6.32. The smallest absolute Gasteiger partial charge is 0.269 e. The molecule has 98 valence electrons. The molecule has 1 N–H and O–H groups in total. The van der Waals surface area contributed by atoms with Crippen LogP contribution in [0.5, 0.6) is 0 Å². The van der Waals surface area contributed by atoms with Gasteiger partial charge < -0.3 is 4.57 Å². The summed E-state index contributed by atoms with van der Waals surface area (Å²) in [6.07, 6.45) is 3.71. The van der Waals surface area contributed by atoms with Crippen molar-refractivity contribution >= 4 is 10.1 Å². The molecule has 6 heteroatoms. The Labute approximate surface area is 107 Å². The molecular formula is C12H16N2O3S. The third-order valence-corrected chi connectivity index (χ3v) is 2.95. The van der Waals surface area contributed by atoms with Gasteiger partial charge in [-0.15, -0.1) is 0 Å². The highest BCUT2D eigenvalue weighted by Crippen LogP contribution is 2.02. The van der Waals surface area contributed by atoms with E-state index in [1.807, 2.05) is 24.7 Å². The zero-order valence-corrected chi connectivity index (χ0v) is 11.1. The summed E-state index contributed by atoms with van der Waals surface area (Å²) in [5, 5.41) is 0. The highest BCUT2D eigenvalue weighted by atomic mass is 32.2. The van der Waals surface area contributed by atoms with Gasteiger partial charge in [0.25, 0.3) is 10.1 Å². The van der Waals surface area contributed by atoms with Crippen molar-refractivity contribution in [3.8, 4) is 0 Å². The average Bonchev–Trinajstić information content (AvgIpc) is 2.63. The van der Waals surface area contributed by atoms with E-state index in [0.29, 0.717) is 5.56 Å². The molecule has 0 atom stereocenters. The molecule has 1 aromatic carbocycles. The molecule has 0 saturated heterocycles. The van der Waals surface area contributed by atoms with E-state index in [0.717, 1.165) is 5.82 Å². The van der Waals surface area contributed by atoms with Gasteiger partial charge in [-0.05, 0) is 12.5 Å². The van der Waals surface area contributed by atoms with Crippen LogP contribution < -0.4 is 0 Å². The summed E-state index contributed by atoms with van der Waals surface area (Å²) < 4.78 is 31.1. The van der Waals surface area contributed by atoms with Crippen LogP contribution in [0, 0.1) is 6.92 Å². The van der Waals surface area contributed by atoms with Crippen molar-refractivity contribution in [1.29, 1.82) is 0 Å². The van der Waals surface area contributed by atoms with Crippen molar-refractivity contribution in [2.45, 2.75) is 12.7 Å². The van der Waals surface area contributed by atoms with Gasteiger partial charge in [-0.1, -0.05) is 30.3 Å². The molecule has 1 heterocycles. The largest absolute Gasteiger partial charge is 0.338 e. The van der Waals surface area contributed by atoms with E-state index in [1.54, 1.807) is 36.5 Å². The molecule has 0 aliphatic heterocycles. The molecule has 2 aromatic rings. The maximum absolute atomic E-state index is 10.4. The van der Waals surface area contributed by atoms with Gasteiger partial charge in [0.1, 0.15) is 11.6 Å². The molecule has 0 bridgehead atoms. The molecule has 0 saturated carbocycles. The molecule has 0 amide bonds. The second-order valence-corrected chi connectivity index (χ2v) is 5.25. The number of imidazole rings is 1. The quantitative estimate of drug-likeness (QED) is 0.843. The molecule has 0 aliphatic rings. The van der Waals surface area contributed by atoms with E-state index in [4.69, 9.17) is 4.55 Å². The number of rotatable bonds is 2. The van der Waals surface area contributed by atoms with E-state index >= 15 is 0 Å². The minimum Gasteiger partial charge on any atom is -0.338 e. The van der Waals surface area contributed by atoms with Crippen LogP contribution in [0.15, 0.2) is 42.7 Å². The third kappa shape index (κ3) is 5.60. The van der Waals surface area contributed by atoms with Crippen LogP contribution in [-0.4, -0.2) is 22.5 Å². The number of aryl methyl sites for hydroxylation is 2. The second-order valence-electron chi connectivity index (χ2n) is 3.80. The lowest BCUT2D eigenvalue weighted by atomic mass is 10.2. The molecule has 2 rings (SSSR count). The number of hydrogen-bond donors (Lipinski definition) is 1. The van der Waals surface area contributed by atoms with Crippen LogP contribution in [0.4, 0.5) is 0 Å². The number of hydrogen-bond acceptors (Lipinski definition) is 3. The van der Waals surface area contributed by atoms with Crippen LogP contribution in [0.25, 0.3) is 0 Å². The number of nitrogens with zero attached hydrogens (tertiary/aromatic N) is 2. The zero-order valence-electron chi connectivity index (χ0n) is 10.3. The summed E-state index contributed by atoms with van der Waals surface area (Å²) in [5.74, 6) is 0.744. The van der Waals surface area contributed by atoms with Gasteiger partial charge in [-0.3, -0.25) is 4.55 Å². The van der Waals surface area contributed by atoms with Gasteiger partial charge in [-0.2, -0.15) is 8.42 Å². The van der Waals surface area contributed by atoms with Gasteiger partial charge in [0.2, 0.25) is 0 Å². The topological polar surface area (TPSA) is 72.2 Å². The highest BCUT2D eigenvalue weighted by Gasteiger charge is 2.04. The summed E-state index contributed by atoms with van der Waals surface area (Å²) in [6, 6.07) is 8.52. The van der Waals surface area contributed by atoms with Crippen LogP contribution in [0.1, 0.15) is 11.4 Å². The summed E-state index contributed by atoms with van der Waals surface area (Å²) >= 11 is 0. The number of aromatic nitrogens is 2. The Morgan fingerprint density at radius 2 is 1.89 bits per heavy atom. The Hall–Kier alpha value is -1.66. The van der Waals surface area contributed by atoms with E-state index in [2.05, 4.69) is 4.98 Å². The predicted octanol–water partition coefficient (Wildman–Crippen LogP) is 1.80. The molecule has 0 spiro atoms. The van der Waals surface area contributed by atoms with Crippen molar-refractivity contribution in [1.82, 2.24) is 9.55 Å². The maximum Gasteiger partial charge on any atom is 0.269 e. The lowest BCUT2D eigenvalue weighted by Gasteiger charge is -1.95. The lowest BCUT2D eigenvalue weighted by Crippen LogP contribution is -2.00. The molecule has 5 nitrogen and oxygen atoms in total. The normalized spacial score (nSPS) is 10.6. The van der Waals surface area contributed by atoms with E-state index < -0.39 is 10.1 Å². The number of benzene rings is 1. The summed E-state index contributed by atoms with van der Waals surface area (Å²) in [5.41, 5.74) is 0.593. The Bertz CT molecular complexity index is 560. The highest BCUT2D eigenvalue weighted by molar-refractivity contribution is 7.85. The minimum absolute atomic E-state index is 0.312. The van der Waals surface area contributed by atoms with Gasteiger partial charge in [-0.25, -0.2) is 4.98 Å². The molecule has 0 unspecified atom stereocenters. The Balaban J connectivity index is 0.000000199. The summed E-state index contributed by atoms with van der Waals surface area (Å²) in [4.78, 5) is 3.98. The first-order valence-corrected chi connectivity index (χ1v) is 6.92. The Morgan fingerprint density at radius 1 is 1.28 bits per heavy atom. The van der Waals surface area contributed by atoms with Gasteiger partial charge in [0.05, 0.1) is 0 Å². The molecule has 0 aliphatic carbocycles. The zero-order chi connectivity index (χ0) is 13.6. The van der Waals surface area contributed by atoms with Crippen molar-refractivity contribution in [3.05, 3.63) is 54.1 Å². The molecule has 18 heavy (non-hydrogen) atoms. The Morgan fingerprint density at radius 3 is 2.22 bits per heavy atom. The molecule has 1 aromatic heterocycles. The first kappa shape index (κ1) is 14.4. The van der Waals surface area contributed by atoms with Gasteiger partial charge in [0.15, 0.2) is 0 Å². The predicted molar refractivity (Wildman–Crippen MR) is 69.6 cm³/mol. The SMILES string of the molecule is Cc1nccn1C.O=S(=O)(O)Cc1ccccc1. The Kier molecular flexibility index (Phi) is 5.06. The monoisotopic (exact) mass is 268 g/mol. The first-order valence-electron chi connectivity index (χ1n) is 5.31. The van der Waals surface area contributed by atoms with Crippen molar-refractivity contribution in [3.63, 3.8) is 0 Å². The molecular weight excluding hydrogens is 252 g/mol. The summed E-state index contributed by atoms with van der Waals surface area (Å²) in [7, 11) is -1.90. The maximum atomic E-state index is 10.4. The summed E-state index contributed by atoms with van der Waals surface area (Å²) in [6.45, 7) is 1.97. The fourth-order valence-electron chi connectivity index (χ4n) is 1.22. The van der Waals surface area contributed by atoms with E-state index in [9.17, 15) is 8.42 Å². The minimum atomic E-state index is -3.88. The van der Waals surface area contributed by atoms with E-state index in [-0.39, 0.29) is 5.75 Å². The van der Waals surface area contributed by atoms with Crippen molar-refractivity contribution in [2.24, 2.45) is 7.05 Å². The van der Waals surface area contributed by atoms with Crippen LogP contribution in [0.3, 0.4) is 0 Å². The van der Waals surface area contributed by atoms with Crippen molar-refractivity contribution < 1.29 is 13.0 Å². The van der Waals surface area contributed by atoms with E-state index in [1.165, 1.54) is 0 Å².